The maximum atomic E-state index is 12.2. The summed E-state index contributed by atoms with van der Waals surface area (Å²) in [4.78, 5) is 27.4. The molecule has 0 radical (unpaired) electrons. The van der Waals surface area contributed by atoms with Gasteiger partial charge in [-0.3, -0.25) is 4.79 Å². The summed E-state index contributed by atoms with van der Waals surface area (Å²) in [6, 6.07) is 22.7. The van der Waals surface area contributed by atoms with Gasteiger partial charge in [-0.25, -0.2) is 10.2 Å². The normalized spacial score (nSPS) is 11.7. The molecule has 0 atom stereocenters. The highest BCUT2D eigenvalue weighted by Crippen LogP contribution is 2.27. The molecule has 0 saturated heterocycles. The molecule has 3 aromatic carbocycles. The maximum absolute atomic E-state index is 12.2. The van der Waals surface area contributed by atoms with Crippen LogP contribution in [0.5, 0.6) is 0 Å². The molecule has 5 rings (SSSR count). The summed E-state index contributed by atoms with van der Waals surface area (Å²) in [7, 11) is 0. The van der Waals surface area contributed by atoms with E-state index >= 15 is 0 Å². The second-order valence-electron chi connectivity index (χ2n) is 7.37. The van der Waals surface area contributed by atoms with E-state index in [2.05, 4.69) is 26.1 Å². The van der Waals surface area contributed by atoms with Crippen molar-refractivity contribution in [2.75, 3.05) is 5.32 Å². The summed E-state index contributed by atoms with van der Waals surface area (Å²) in [6.07, 6.45) is 3.37. The van der Waals surface area contributed by atoms with E-state index in [9.17, 15) is 9.59 Å². The van der Waals surface area contributed by atoms with Gasteiger partial charge in [-0.2, -0.15) is 5.10 Å². The summed E-state index contributed by atoms with van der Waals surface area (Å²) >= 11 is 0. The lowest BCUT2D eigenvalue weighted by Gasteiger charge is -2.10. The van der Waals surface area contributed by atoms with Gasteiger partial charge in [0.2, 0.25) is 0 Å². The Labute approximate surface area is 190 Å². The largest absolute Gasteiger partial charge is 0.360 e. The van der Waals surface area contributed by atoms with Gasteiger partial charge in [-0.1, -0.05) is 60.7 Å². The number of carbonyl (C=O) groups is 2. The number of nitrogens with one attached hydrogen (secondary N) is 4. The lowest BCUT2D eigenvalue weighted by molar-refractivity contribution is 0.0957. The Balaban J connectivity index is 0.000000275. The topological polar surface area (TPSA) is 124 Å². The first-order valence-corrected chi connectivity index (χ1v) is 10.5. The van der Waals surface area contributed by atoms with Crippen LogP contribution in [0.15, 0.2) is 84.1 Å². The number of aromatic amines is 1. The first-order valence-electron chi connectivity index (χ1n) is 10.5. The van der Waals surface area contributed by atoms with Crippen LogP contribution in [0.3, 0.4) is 0 Å². The van der Waals surface area contributed by atoms with Crippen molar-refractivity contribution in [3.05, 3.63) is 101 Å². The molecule has 1 aromatic heterocycles. The molecule has 1 aliphatic rings. The zero-order chi connectivity index (χ0) is 23.0. The average molecular weight is 441 g/mol. The van der Waals surface area contributed by atoms with Gasteiger partial charge >= 0.3 is 6.03 Å². The fourth-order valence-electron chi connectivity index (χ4n) is 3.44. The predicted octanol–water partition coefficient (Wildman–Crippen LogP) is 3.71. The van der Waals surface area contributed by atoms with Crippen molar-refractivity contribution in [3.63, 3.8) is 0 Å². The zero-order valence-corrected chi connectivity index (χ0v) is 17.8. The van der Waals surface area contributed by atoms with Gasteiger partial charge in [0.05, 0.1) is 11.8 Å². The zero-order valence-electron chi connectivity index (χ0n) is 17.8. The molecule has 4 aromatic rings. The van der Waals surface area contributed by atoms with Crippen LogP contribution < -0.4 is 21.8 Å². The van der Waals surface area contributed by atoms with Crippen LogP contribution in [0.4, 0.5) is 10.5 Å². The number of hydrogen-bond acceptors (Lipinski definition) is 4. The molecule has 2 heterocycles. The number of hydrazone groups is 1. The van der Waals surface area contributed by atoms with Crippen LogP contribution in [-0.2, 0) is 13.1 Å². The number of urea groups is 1. The van der Waals surface area contributed by atoms with Gasteiger partial charge in [0.15, 0.2) is 0 Å². The molecule has 166 valence electrons. The number of amides is 3. The third-order valence-corrected chi connectivity index (χ3v) is 5.06. The van der Waals surface area contributed by atoms with Crippen molar-refractivity contribution in [1.29, 1.82) is 0 Å². The molecule has 33 heavy (non-hydrogen) atoms. The SMILES string of the molecule is NCc1ccccc1.O=C(NCc1ccccc1)Nc1cc2c3c(c[nH]c3c1)C=NNC2=O. The Kier molecular flexibility index (Phi) is 6.77. The van der Waals surface area contributed by atoms with E-state index in [1.807, 2.05) is 60.7 Å². The number of anilines is 1. The minimum absolute atomic E-state index is 0.312. The summed E-state index contributed by atoms with van der Waals surface area (Å²) in [5.41, 5.74) is 12.6. The highest BCUT2D eigenvalue weighted by atomic mass is 16.2. The molecule has 1 aliphatic heterocycles. The van der Waals surface area contributed by atoms with E-state index in [-0.39, 0.29) is 11.9 Å². The fourth-order valence-corrected chi connectivity index (χ4v) is 3.44. The molecule has 0 spiro atoms. The second kappa shape index (κ2) is 10.3. The van der Waals surface area contributed by atoms with Crippen molar-refractivity contribution in [2.24, 2.45) is 10.8 Å². The van der Waals surface area contributed by atoms with Crippen LogP contribution in [-0.4, -0.2) is 23.1 Å². The molecular formula is C25H24N6O2. The number of aromatic nitrogens is 1. The Morgan fingerprint density at radius 1 is 0.970 bits per heavy atom. The highest BCUT2D eigenvalue weighted by molar-refractivity contribution is 6.15. The first kappa shape index (κ1) is 21.8. The quantitative estimate of drug-likeness (QED) is 0.332. The number of nitrogens with two attached hydrogens (primary N) is 1. The Morgan fingerprint density at radius 2 is 1.67 bits per heavy atom. The highest BCUT2D eigenvalue weighted by Gasteiger charge is 2.18. The molecule has 0 bridgehead atoms. The number of H-pyrrole nitrogens is 1. The minimum Gasteiger partial charge on any atom is -0.360 e. The molecule has 3 amide bonds. The van der Waals surface area contributed by atoms with Crippen LogP contribution in [0, 0.1) is 0 Å². The number of rotatable bonds is 4. The molecule has 6 N–H and O–H groups in total. The molecule has 8 nitrogen and oxygen atoms in total. The average Bonchev–Trinajstić information content (AvgIpc) is 3.18. The van der Waals surface area contributed by atoms with Crippen LogP contribution in [0.25, 0.3) is 10.9 Å². The molecular weight excluding hydrogens is 416 g/mol. The minimum atomic E-state index is -0.340. The van der Waals surface area contributed by atoms with E-state index in [0.29, 0.717) is 24.3 Å². The maximum Gasteiger partial charge on any atom is 0.319 e. The summed E-state index contributed by atoms with van der Waals surface area (Å²) in [6.45, 7) is 1.06. The van der Waals surface area contributed by atoms with Gasteiger partial charge in [-0.05, 0) is 23.3 Å². The summed E-state index contributed by atoms with van der Waals surface area (Å²) < 4.78 is 0. The number of benzene rings is 3. The van der Waals surface area contributed by atoms with Gasteiger partial charge in [-0.15, -0.1) is 0 Å². The van der Waals surface area contributed by atoms with Crippen molar-refractivity contribution < 1.29 is 9.59 Å². The summed E-state index contributed by atoms with van der Waals surface area (Å²) in [5, 5.41) is 10.2. The van der Waals surface area contributed by atoms with E-state index in [4.69, 9.17) is 5.73 Å². The molecule has 0 fully saturated rings. The standard InChI is InChI=1S/C18H15N5O2.C7H9N/c24-17-14-6-13(7-15-16(14)12(9-19-15)10-21-23-17)22-18(25)20-8-11-4-2-1-3-5-11;8-6-7-4-2-1-3-5-7/h1-7,9-10,19H,8H2,(H,23,24)(H2,20,22,25);1-5H,6,8H2. The van der Waals surface area contributed by atoms with Crippen molar-refractivity contribution in [2.45, 2.75) is 13.1 Å². The number of nitrogens with zero attached hydrogens (tertiary/aromatic N) is 1. The van der Waals surface area contributed by atoms with E-state index in [1.54, 1.807) is 24.5 Å². The molecule has 0 aliphatic carbocycles. The Morgan fingerprint density at radius 3 is 2.33 bits per heavy atom. The van der Waals surface area contributed by atoms with Gasteiger partial charge in [0.1, 0.15) is 0 Å². The van der Waals surface area contributed by atoms with Crippen molar-refractivity contribution in [1.82, 2.24) is 15.7 Å². The number of carbonyl (C=O) groups excluding carboxylic acids is 2. The van der Waals surface area contributed by atoms with Crippen molar-refractivity contribution in [3.8, 4) is 0 Å². The Bertz CT molecular complexity index is 1280. The molecule has 0 saturated carbocycles. The molecule has 0 unspecified atom stereocenters. The first-order chi connectivity index (χ1) is 16.1. The lowest BCUT2D eigenvalue weighted by Crippen LogP contribution is -2.28. The van der Waals surface area contributed by atoms with E-state index < -0.39 is 0 Å². The second-order valence-corrected chi connectivity index (χ2v) is 7.37. The third kappa shape index (κ3) is 5.44. The third-order valence-electron chi connectivity index (χ3n) is 5.06. The van der Waals surface area contributed by atoms with Crippen LogP contribution >= 0.6 is 0 Å². The van der Waals surface area contributed by atoms with Gasteiger partial charge in [0, 0.05) is 41.4 Å². The van der Waals surface area contributed by atoms with E-state index in [0.717, 1.165) is 22.0 Å². The van der Waals surface area contributed by atoms with Gasteiger partial charge in [0.25, 0.3) is 5.91 Å². The van der Waals surface area contributed by atoms with Crippen LogP contribution in [0.1, 0.15) is 27.0 Å². The van der Waals surface area contributed by atoms with Crippen molar-refractivity contribution >= 4 is 34.7 Å². The van der Waals surface area contributed by atoms with E-state index in [1.165, 1.54) is 5.56 Å². The van der Waals surface area contributed by atoms with Gasteiger partial charge < -0.3 is 21.4 Å². The summed E-state index contributed by atoms with van der Waals surface area (Å²) in [5.74, 6) is -0.312. The Hall–Kier alpha value is -4.43. The number of hydrogen-bond donors (Lipinski definition) is 5. The predicted molar refractivity (Wildman–Crippen MR) is 130 cm³/mol. The molecule has 8 heteroatoms. The van der Waals surface area contributed by atoms with Crippen LogP contribution in [0.2, 0.25) is 0 Å². The monoisotopic (exact) mass is 440 g/mol. The smallest absolute Gasteiger partial charge is 0.319 e. The lowest BCUT2D eigenvalue weighted by atomic mass is 10.1. The fraction of sp³-hybridized carbons (Fsp3) is 0.0800.